The van der Waals surface area contributed by atoms with Gasteiger partial charge >= 0.3 is 0 Å². The number of benzene rings is 2. The Morgan fingerprint density at radius 2 is 2.00 bits per heavy atom. The molecule has 0 spiro atoms. The molecular formula is C21H18N6O3. The number of hydrogen-bond acceptors (Lipinski definition) is 7. The summed E-state index contributed by atoms with van der Waals surface area (Å²) in [4.78, 5) is 13.0. The fourth-order valence-electron chi connectivity index (χ4n) is 3.37. The summed E-state index contributed by atoms with van der Waals surface area (Å²) in [6.07, 6.45) is 2.97. The average Bonchev–Trinajstić information content (AvgIpc) is 3.18. The first kappa shape index (κ1) is 18.0. The van der Waals surface area contributed by atoms with Gasteiger partial charge in [-0.05, 0) is 59.7 Å². The molecule has 5 rings (SSSR count). The molecule has 0 atom stereocenters. The Morgan fingerprint density at radius 3 is 2.70 bits per heavy atom. The van der Waals surface area contributed by atoms with Crippen LogP contribution in [0.3, 0.4) is 0 Å². The first-order chi connectivity index (χ1) is 14.7. The lowest BCUT2D eigenvalue weighted by atomic mass is 10.00. The number of methoxy groups -OCH3 is 1. The number of amides is 1. The van der Waals surface area contributed by atoms with Crippen LogP contribution in [0.25, 0.3) is 17.0 Å². The van der Waals surface area contributed by atoms with Gasteiger partial charge in [-0.2, -0.15) is 0 Å². The number of tetrazole rings is 1. The third-order valence-electron chi connectivity index (χ3n) is 5.28. The molecule has 1 saturated carbocycles. The molecule has 0 saturated heterocycles. The largest absolute Gasteiger partial charge is 0.497 e. The minimum absolute atomic E-state index is 0.0943. The maximum atomic E-state index is 13.0. The van der Waals surface area contributed by atoms with Crippen LogP contribution in [0.2, 0.25) is 0 Å². The zero-order valence-corrected chi connectivity index (χ0v) is 16.1. The predicted molar refractivity (Wildman–Crippen MR) is 107 cm³/mol. The van der Waals surface area contributed by atoms with Gasteiger partial charge in [-0.15, -0.1) is 5.10 Å². The summed E-state index contributed by atoms with van der Waals surface area (Å²) in [7, 11) is 1.61. The van der Waals surface area contributed by atoms with Crippen molar-refractivity contribution in [2.45, 2.75) is 18.3 Å². The quantitative estimate of drug-likeness (QED) is 0.528. The second-order valence-electron chi connectivity index (χ2n) is 7.15. The summed E-state index contributed by atoms with van der Waals surface area (Å²) in [5, 5.41) is 18.3. The number of anilines is 1. The van der Waals surface area contributed by atoms with Gasteiger partial charge < -0.3 is 14.6 Å². The first-order valence-corrected chi connectivity index (χ1v) is 9.44. The van der Waals surface area contributed by atoms with Crippen molar-refractivity contribution in [1.29, 1.82) is 0 Å². The Labute approximate surface area is 171 Å². The molecule has 2 aromatic heterocycles. The highest BCUT2D eigenvalue weighted by molar-refractivity contribution is 6.01. The first-order valence-electron chi connectivity index (χ1n) is 9.44. The van der Waals surface area contributed by atoms with Crippen LogP contribution in [0.4, 0.5) is 5.69 Å². The molecule has 2 heterocycles. The standard InChI is InChI=1S/C21H18N6O3/c1-29-17-4-2-3-14(11-17)18-12-19(24-30-18)21(9-10-21)20(28)23-15-5-7-16(8-6-15)27-13-22-25-26-27/h2-8,11-13H,9-10H2,1H3,(H,23,28). The molecule has 1 aliphatic carbocycles. The van der Waals surface area contributed by atoms with Crippen LogP contribution in [-0.2, 0) is 10.2 Å². The van der Waals surface area contributed by atoms with Crippen molar-refractivity contribution < 1.29 is 14.1 Å². The Balaban J connectivity index is 1.33. The van der Waals surface area contributed by atoms with Crippen LogP contribution in [0, 0.1) is 0 Å². The monoisotopic (exact) mass is 402 g/mol. The molecule has 1 amide bonds. The Bertz CT molecular complexity index is 1180. The molecule has 2 aromatic carbocycles. The number of ether oxygens (including phenoxy) is 1. The summed E-state index contributed by atoms with van der Waals surface area (Å²) in [6.45, 7) is 0. The second-order valence-corrected chi connectivity index (χ2v) is 7.15. The van der Waals surface area contributed by atoms with E-state index in [0.29, 0.717) is 17.1 Å². The van der Waals surface area contributed by atoms with E-state index in [1.807, 2.05) is 54.6 Å². The Morgan fingerprint density at radius 1 is 1.17 bits per heavy atom. The maximum absolute atomic E-state index is 13.0. The van der Waals surface area contributed by atoms with Crippen LogP contribution < -0.4 is 10.1 Å². The van der Waals surface area contributed by atoms with E-state index >= 15 is 0 Å². The van der Waals surface area contributed by atoms with Gasteiger partial charge in [0.1, 0.15) is 12.1 Å². The molecule has 0 aliphatic heterocycles. The lowest BCUT2D eigenvalue weighted by molar-refractivity contribution is -0.118. The summed E-state index contributed by atoms with van der Waals surface area (Å²) < 4.78 is 12.3. The van der Waals surface area contributed by atoms with Gasteiger partial charge in [0.05, 0.1) is 23.9 Å². The highest BCUT2D eigenvalue weighted by atomic mass is 16.5. The molecule has 4 aromatic rings. The summed E-state index contributed by atoms with van der Waals surface area (Å²) in [5.74, 6) is 1.24. The number of nitrogens with zero attached hydrogens (tertiary/aromatic N) is 5. The normalized spacial score (nSPS) is 14.3. The molecule has 1 aliphatic rings. The second kappa shape index (κ2) is 7.11. The molecular weight excluding hydrogens is 384 g/mol. The number of rotatable bonds is 6. The van der Waals surface area contributed by atoms with Crippen LogP contribution >= 0.6 is 0 Å². The molecule has 1 fully saturated rings. The van der Waals surface area contributed by atoms with Crippen molar-refractivity contribution in [3.8, 4) is 22.8 Å². The molecule has 0 bridgehead atoms. The van der Waals surface area contributed by atoms with Gasteiger partial charge in [0.25, 0.3) is 0 Å². The smallest absolute Gasteiger partial charge is 0.236 e. The molecule has 150 valence electrons. The van der Waals surface area contributed by atoms with Gasteiger partial charge in [-0.25, -0.2) is 4.68 Å². The van der Waals surface area contributed by atoms with Crippen molar-refractivity contribution in [2.75, 3.05) is 12.4 Å². The highest BCUT2D eigenvalue weighted by Crippen LogP contribution is 2.49. The van der Waals surface area contributed by atoms with Crippen LogP contribution in [0.15, 0.2) is 65.4 Å². The predicted octanol–water partition coefficient (Wildman–Crippen LogP) is 3.00. The maximum Gasteiger partial charge on any atom is 0.236 e. The van der Waals surface area contributed by atoms with Gasteiger partial charge in [0, 0.05) is 17.3 Å². The number of carbonyl (C=O) groups is 1. The van der Waals surface area contributed by atoms with E-state index in [9.17, 15) is 4.79 Å². The molecule has 9 nitrogen and oxygen atoms in total. The molecule has 0 unspecified atom stereocenters. The fraction of sp³-hybridized carbons (Fsp3) is 0.190. The third-order valence-corrected chi connectivity index (χ3v) is 5.28. The topological polar surface area (TPSA) is 108 Å². The number of nitrogens with one attached hydrogen (secondary N) is 1. The summed E-state index contributed by atoms with van der Waals surface area (Å²) in [5.41, 5.74) is 2.33. The van der Waals surface area contributed by atoms with E-state index in [4.69, 9.17) is 9.26 Å². The fourth-order valence-corrected chi connectivity index (χ4v) is 3.37. The summed E-state index contributed by atoms with van der Waals surface area (Å²) in [6, 6.07) is 16.7. The number of aromatic nitrogens is 5. The average molecular weight is 402 g/mol. The van der Waals surface area contributed by atoms with E-state index in [1.54, 1.807) is 11.8 Å². The molecule has 1 N–H and O–H groups in total. The zero-order chi connectivity index (χ0) is 20.6. The van der Waals surface area contributed by atoms with E-state index in [-0.39, 0.29) is 5.91 Å². The van der Waals surface area contributed by atoms with Gasteiger partial charge in [0.15, 0.2) is 5.76 Å². The SMILES string of the molecule is COc1cccc(-c2cc(C3(C(=O)Nc4ccc(-n5cnnn5)cc4)CC3)no2)c1. The highest BCUT2D eigenvalue weighted by Gasteiger charge is 2.53. The van der Waals surface area contributed by atoms with E-state index in [2.05, 4.69) is 26.0 Å². The van der Waals surface area contributed by atoms with E-state index in [1.165, 1.54) is 6.33 Å². The van der Waals surface area contributed by atoms with Gasteiger partial charge in [-0.1, -0.05) is 17.3 Å². The van der Waals surface area contributed by atoms with Crippen molar-refractivity contribution in [3.63, 3.8) is 0 Å². The van der Waals surface area contributed by atoms with Gasteiger partial charge in [-0.3, -0.25) is 4.79 Å². The van der Waals surface area contributed by atoms with Crippen molar-refractivity contribution in [3.05, 3.63) is 66.6 Å². The molecule has 0 radical (unpaired) electrons. The lowest BCUT2D eigenvalue weighted by Gasteiger charge is -2.12. The third kappa shape index (κ3) is 3.20. The Kier molecular flexibility index (Phi) is 4.27. The number of hydrogen-bond donors (Lipinski definition) is 1. The van der Waals surface area contributed by atoms with Crippen molar-refractivity contribution in [1.82, 2.24) is 25.4 Å². The summed E-state index contributed by atoms with van der Waals surface area (Å²) >= 11 is 0. The van der Waals surface area contributed by atoms with E-state index < -0.39 is 5.41 Å². The lowest BCUT2D eigenvalue weighted by Crippen LogP contribution is -2.28. The van der Waals surface area contributed by atoms with E-state index in [0.717, 1.165) is 29.8 Å². The van der Waals surface area contributed by atoms with Crippen LogP contribution in [-0.4, -0.2) is 38.4 Å². The van der Waals surface area contributed by atoms with Gasteiger partial charge in [0.2, 0.25) is 5.91 Å². The Hall–Kier alpha value is -4.01. The number of carbonyl (C=O) groups excluding carboxylic acids is 1. The molecule has 9 heteroatoms. The van der Waals surface area contributed by atoms with Crippen molar-refractivity contribution in [2.24, 2.45) is 0 Å². The van der Waals surface area contributed by atoms with Crippen molar-refractivity contribution >= 4 is 11.6 Å². The molecule has 30 heavy (non-hydrogen) atoms. The minimum Gasteiger partial charge on any atom is -0.497 e. The van der Waals surface area contributed by atoms with Crippen LogP contribution in [0.1, 0.15) is 18.5 Å². The zero-order valence-electron chi connectivity index (χ0n) is 16.1. The van der Waals surface area contributed by atoms with Crippen LogP contribution in [0.5, 0.6) is 5.75 Å². The minimum atomic E-state index is -0.658.